The first-order valence-corrected chi connectivity index (χ1v) is 10.7. The third-order valence-corrected chi connectivity index (χ3v) is 5.98. The van der Waals surface area contributed by atoms with Crippen LogP contribution in [-0.4, -0.2) is 41.0 Å². The Morgan fingerprint density at radius 2 is 1.69 bits per heavy atom. The summed E-state index contributed by atoms with van der Waals surface area (Å²) in [6.07, 6.45) is 5.23. The summed E-state index contributed by atoms with van der Waals surface area (Å²) in [7, 11) is 1.64. The lowest BCUT2D eigenvalue weighted by Gasteiger charge is -2.42. The van der Waals surface area contributed by atoms with E-state index >= 15 is 0 Å². The highest BCUT2D eigenvalue weighted by Gasteiger charge is 2.37. The van der Waals surface area contributed by atoms with E-state index in [1.165, 1.54) is 19.1 Å². The van der Waals surface area contributed by atoms with E-state index in [2.05, 4.69) is 20.2 Å². The molecule has 1 aliphatic rings. The summed E-state index contributed by atoms with van der Waals surface area (Å²) in [5, 5.41) is 3.13. The average Bonchev–Trinajstić information content (AvgIpc) is 2.81. The number of carbonyl (C=O) groups excluding carboxylic acids is 1. The minimum atomic E-state index is -0.468. The number of rotatable bonds is 6. The van der Waals surface area contributed by atoms with Crippen LogP contribution in [0.4, 0.5) is 4.39 Å². The van der Waals surface area contributed by atoms with Crippen molar-refractivity contribution in [3.05, 3.63) is 77.9 Å². The normalized spacial score (nSPS) is 15.8. The van der Waals surface area contributed by atoms with Crippen LogP contribution in [0.15, 0.2) is 60.9 Å². The molecule has 166 valence electrons. The van der Waals surface area contributed by atoms with Crippen LogP contribution >= 0.6 is 0 Å². The van der Waals surface area contributed by atoms with Crippen LogP contribution in [-0.2, 0) is 16.9 Å². The van der Waals surface area contributed by atoms with Gasteiger partial charge in [-0.3, -0.25) is 9.69 Å². The number of aromatic nitrogens is 2. The number of nitrogens with one attached hydrogen (secondary N) is 1. The van der Waals surface area contributed by atoms with Crippen molar-refractivity contribution in [1.82, 2.24) is 20.2 Å². The number of hydrogen-bond donors (Lipinski definition) is 1. The van der Waals surface area contributed by atoms with Gasteiger partial charge in [0.2, 0.25) is 5.91 Å². The number of benzene rings is 2. The number of ether oxygens (including phenoxy) is 1. The highest BCUT2D eigenvalue weighted by atomic mass is 19.1. The first-order valence-electron chi connectivity index (χ1n) is 10.7. The lowest BCUT2D eigenvalue weighted by molar-refractivity contribution is -0.121. The summed E-state index contributed by atoms with van der Waals surface area (Å²) in [6.45, 7) is 3.87. The number of nitrogens with zero attached hydrogens (tertiary/aromatic N) is 3. The van der Waals surface area contributed by atoms with Crippen LogP contribution < -0.4 is 10.1 Å². The summed E-state index contributed by atoms with van der Waals surface area (Å²) < 4.78 is 18.6. The van der Waals surface area contributed by atoms with E-state index in [0.29, 0.717) is 5.82 Å². The summed E-state index contributed by atoms with van der Waals surface area (Å²) in [5.41, 5.74) is 2.46. The van der Waals surface area contributed by atoms with E-state index in [9.17, 15) is 9.18 Å². The maximum atomic E-state index is 13.4. The van der Waals surface area contributed by atoms with Crippen molar-refractivity contribution in [3.63, 3.8) is 0 Å². The Morgan fingerprint density at radius 1 is 1.06 bits per heavy atom. The number of piperidine rings is 1. The molecule has 1 aliphatic heterocycles. The van der Waals surface area contributed by atoms with Gasteiger partial charge in [0.05, 0.1) is 12.6 Å². The van der Waals surface area contributed by atoms with E-state index in [1.807, 2.05) is 36.7 Å². The molecule has 0 unspecified atom stereocenters. The van der Waals surface area contributed by atoms with E-state index in [-0.39, 0.29) is 11.7 Å². The molecular weight excluding hydrogens is 407 g/mol. The summed E-state index contributed by atoms with van der Waals surface area (Å²) in [5.74, 6) is 1.12. The first-order chi connectivity index (χ1) is 15.5. The van der Waals surface area contributed by atoms with Crippen LogP contribution in [0.1, 0.15) is 30.9 Å². The van der Waals surface area contributed by atoms with E-state index in [0.717, 1.165) is 54.9 Å². The molecule has 0 aliphatic carbocycles. The van der Waals surface area contributed by atoms with Crippen LogP contribution in [0.2, 0.25) is 0 Å². The predicted octanol–water partition coefficient (Wildman–Crippen LogP) is 3.92. The fraction of sp³-hybridized carbons (Fsp3) is 0.320. The fourth-order valence-electron chi connectivity index (χ4n) is 4.27. The van der Waals surface area contributed by atoms with Gasteiger partial charge in [0, 0.05) is 50.1 Å². The average molecular weight is 435 g/mol. The Labute approximate surface area is 187 Å². The van der Waals surface area contributed by atoms with Gasteiger partial charge in [0.25, 0.3) is 0 Å². The van der Waals surface area contributed by atoms with E-state index < -0.39 is 5.54 Å². The van der Waals surface area contributed by atoms with Gasteiger partial charge in [0.15, 0.2) is 5.82 Å². The van der Waals surface area contributed by atoms with Crippen molar-refractivity contribution in [1.29, 1.82) is 0 Å². The van der Waals surface area contributed by atoms with Crippen molar-refractivity contribution >= 4 is 5.91 Å². The predicted molar refractivity (Wildman–Crippen MR) is 120 cm³/mol. The number of halogens is 1. The first kappa shape index (κ1) is 21.9. The Hall–Kier alpha value is -3.32. The van der Waals surface area contributed by atoms with Gasteiger partial charge in [-0.15, -0.1) is 0 Å². The minimum Gasteiger partial charge on any atom is -0.497 e. The molecule has 1 aromatic heterocycles. The molecule has 6 nitrogen and oxygen atoms in total. The highest BCUT2D eigenvalue weighted by Crippen LogP contribution is 2.33. The second kappa shape index (κ2) is 9.44. The van der Waals surface area contributed by atoms with Gasteiger partial charge in [-0.2, -0.15) is 0 Å². The molecule has 7 heteroatoms. The van der Waals surface area contributed by atoms with Crippen molar-refractivity contribution in [3.8, 4) is 17.1 Å². The van der Waals surface area contributed by atoms with Crippen molar-refractivity contribution in [2.45, 2.75) is 31.8 Å². The Kier molecular flexibility index (Phi) is 6.46. The molecule has 0 saturated carbocycles. The molecule has 3 aromatic rings. The molecule has 0 atom stereocenters. The standard InChI is InChI=1S/C25H27FN4O2/c1-18(31)29-25(21-5-7-22(26)8-6-21)11-13-30(14-12-25)17-19-15-27-24(28-16-19)20-3-9-23(32-2)10-4-20/h3-10,15-16H,11-14,17H2,1-2H3,(H,29,31). The van der Waals surface area contributed by atoms with Crippen LogP contribution in [0.25, 0.3) is 11.4 Å². The smallest absolute Gasteiger partial charge is 0.217 e. The molecule has 1 fully saturated rings. The van der Waals surface area contributed by atoms with E-state index in [4.69, 9.17) is 4.74 Å². The van der Waals surface area contributed by atoms with Crippen molar-refractivity contribution in [2.75, 3.05) is 20.2 Å². The second-order valence-electron chi connectivity index (χ2n) is 8.19. The molecule has 1 N–H and O–H groups in total. The molecular formula is C25H27FN4O2. The molecule has 1 saturated heterocycles. The number of amides is 1. The van der Waals surface area contributed by atoms with Crippen molar-refractivity contribution < 1.29 is 13.9 Å². The van der Waals surface area contributed by atoms with Gasteiger partial charge in [-0.1, -0.05) is 12.1 Å². The molecule has 0 spiro atoms. The quantitative estimate of drug-likeness (QED) is 0.637. The molecule has 0 bridgehead atoms. The van der Waals surface area contributed by atoms with E-state index in [1.54, 1.807) is 19.2 Å². The number of methoxy groups -OCH3 is 1. The van der Waals surface area contributed by atoms with Crippen LogP contribution in [0.3, 0.4) is 0 Å². The Bertz CT molecular complexity index is 1040. The zero-order valence-corrected chi connectivity index (χ0v) is 18.3. The van der Waals surface area contributed by atoms with Gasteiger partial charge in [-0.05, 0) is 54.8 Å². The fourth-order valence-corrected chi connectivity index (χ4v) is 4.27. The molecule has 32 heavy (non-hydrogen) atoms. The lowest BCUT2D eigenvalue weighted by atomic mass is 9.80. The van der Waals surface area contributed by atoms with Gasteiger partial charge >= 0.3 is 0 Å². The van der Waals surface area contributed by atoms with Crippen molar-refractivity contribution in [2.24, 2.45) is 0 Å². The third-order valence-electron chi connectivity index (χ3n) is 5.98. The second-order valence-corrected chi connectivity index (χ2v) is 8.19. The molecule has 1 amide bonds. The van der Waals surface area contributed by atoms with Crippen LogP contribution in [0.5, 0.6) is 5.75 Å². The Balaban J connectivity index is 1.41. The molecule has 2 aromatic carbocycles. The summed E-state index contributed by atoms with van der Waals surface area (Å²) in [6, 6.07) is 14.1. The van der Waals surface area contributed by atoms with Crippen LogP contribution in [0, 0.1) is 5.82 Å². The number of hydrogen-bond acceptors (Lipinski definition) is 5. The number of likely N-dealkylation sites (tertiary alicyclic amines) is 1. The zero-order valence-electron chi connectivity index (χ0n) is 18.3. The maximum absolute atomic E-state index is 13.4. The minimum absolute atomic E-state index is 0.0784. The zero-order chi connectivity index (χ0) is 22.6. The molecule has 4 rings (SSSR count). The SMILES string of the molecule is COc1ccc(-c2ncc(CN3CCC(NC(C)=O)(c4ccc(F)cc4)CC3)cn2)cc1. The topological polar surface area (TPSA) is 67.3 Å². The summed E-state index contributed by atoms with van der Waals surface area (Å²) >= 11 is 0. The summed E-state index contributed by atoms with van der Waals surface area (Å²) in [4.78, 5) is 23.3. The molecule has 0 radical (unpaired) electrons. The maximum Gasteiger partial charge on any atom is 0.217 e. The van der Waals surface area contributed by atoms with Gasteiger partial charge in [-0.25, -0.2) is 14.4 Å². The van der Waals surface area contributed by atoms with Gasteiger partial charge in [0.1, 0.15) is 11.6 Å². The third kappa shape index (κ3) is 4.94. The monoisotopic (exact) mass is 434 g/mol. The Morgan fingerprint density at radius 3 is 2.25 bits per heavy atom. The lowest BCUT2D eigenvalue weighted by Crippen LogP contribution is -2.52. The highest BCUT2D eigenvalue weighted by molar-refractivity contribution is 5.74. The van der Waals surface area contributed by atoms with Gasteiger partial charge < -0.3 is 10.1 Å². The largest absolute Gasteiger partial charge is 0.497 e. The molecule has 2 heterocycles. The number of carbonyl (C=O) groups is 1.